The van der Waals surface area contributed by atoms with Crippen molar-refractivity contribution in [2.24, 2.45) is 5.14 Å². The minimum Gasteiger partial charge on any atom is -0.397 e. The van der Waals surface area contributed by atoms with E-state index in [1.807, 2.05) is 0 Å². The molecule has 15 heavy (non-hydrogen) atoms. The smallest absolute Gasteiger partial charge is 0.268 e. The van der Waals surface area contributed by atoms with Crippen LogP contribution >= 0.6 is 15.9 Å². The number of anilines is 1. The number of rotatable bonds is 2. The first-order valence-corrected chi connectivity index (χ1v) is 5.84. The predicted molar refractivity (Wildman–Crippen MR) is 52.7 cm³/mol. The van der Waals surface area contributed by atoms with E-state index in [4.69, 9.17) is 10.9 Å². The summed E-state index contributed by atoms with van der Waals surface area (Å²) < 4.78 is 46.6. The summed E-state index contributed by atoms with van der Waals surface area (Å²) in [4.78, 5) is 2.81. The van der Waals surface area contributed by atoms with Gasteiger partial charge in [0.25, 0.3) is 6.43 Å². The molecule has 1 heterocycles. The van der Waals surface area contributed by atoms with Crippen LogP contribution in [0.3, 0.4) is 0 Å². The van der Waals surface area contributed by atoms with E-state index in [2.05, 4.69) is 20.9 Å². The molecule has 0 spiro atoms. The van der Waals surface area contributed by atoms with E-state index < -0.39 is 32.6 Å². The molecular formula is C6H6BrF2N3O2S. The summed E-state index contributed by atoms with van der Waals surface area (Å²) >= 11 is 2.74. The van der Waals surface area contributed by atoms with Crippen molar-refractivity contribution in [3.8, 4) is 0 Å². The van der Waals surface area contributed by atoms with Gasteiger partial charge in [-0.3, -0.25) is 0 Å². The van der Waals surface area contributed by atoms with E-state index >= 15 is 0 Å². The second kappa shape index (κ2) is 3.99. The lowest BCUT2D eigenvalue weighted by Crippen LogP contribution is -2.16. The molecule has 0 aliphatic heterocycles. The fourth-order valence-electron chi connectivity index (χ4n) is 0.933. The lowest BCUT2D eigenvalue weighted by atomic mass is 10.2. The highest BCUT2D eigenvalue weighted by atomic mass is 79.9. The van der Waals surface area contributed by atoms with E-state index in [0.717, 1.165) is 6.20 Å². The quantitative estimate of drug-likeness (QED) is 0.796. The molecule has 5 nitrogen and oxygen atoms in total. The Morgan fingerprint density at radius 2 is 2.00 bits per heavy atom. The zero-order chi connectivity index (χ0) is 11.8. The molecule has 0 aliphatic carbocycles. The van der Waals surface area contributed by atoms with Gasteiger partial charge in [-0.1, -0.05) is 0 Å². The van der Waals surface area contributed by atoms with Crippen molar-refractivity contribution in [1.82, 2.24) is 4.98 Å². The highest BCUT2D eigenvalue weighted by Gasteiger charge is 2.23. The summed E-state index contributed by atoms with van der Waals surface area (Å²) in [5.41, 5.74) is 3.99. The minimum atomic E-state index is -4.15. The maximum absolute atomic E-state index is 12.5. The average Bonchev–Trinajstić information content (AvgIpc) is 2.00. The topological polar surface area (TPSA) is 99.1 Å². The van der Waals surface area contributed by atoms with Crippen LogP contribution in [0.1, 0.15) is 12.0 Å². The number of hydrogen-bond acceptors (Lipinski definition) is 4. The molecule has 0 saturated carbocycles. The Hall–Kier alpha value is -0.800. The summed E-state index contributed by atoms with van der Waals surface area (Å²) in [5, 5.41) is 4.77. The van der Waals surface area contributed by atoms with Gasteiger partial charge in [0.15, 0.2) is 0 Å². The zero-order valence-corrected chi connectivity index (χ0v) is 9.52. The van der Waals surface area contributed by atoms with Crippen LogP contribution in [-0.4, -0.2) is 13.4 Å². The van der Waals surface area contributed by atoms with Gasteiger partial charge in [0.1, 0.15) is 9.50 Å². The van der Waals surface area contributed by atoms with Crippen molar-refractivity contribution in [2.75, 3.05) is 5.73 Å². The van der Waals surface area contributed by atoms with Crippen molar-refractivity contribution in [2.45, 2.75) is 11.3 Å². The number of primary sulfonamides is 1. The average molecular weight is 302 g/mol. The molecule has 1 rings (SSSR count). The normalized spacial score (nSPS) is 12.1. The van der Waals surface area contributed by atoms with E-state index in [1.54, 1.807) is 0 Å². The van der Waals surface area contributed by atoms with Gasteiger partial charge < -0.3 is 5.73 Å². The molecule has 0 fully saturated rings. The fraction of sp³-hybridized carbons (Fsp3) is 0.167. The number of hydrogen-bond donors (Lipinski definition) is 2. The van der Waals surface area contributed by atoms with Crippen molar-refractivity contribution < 1.29 is 17.2 Å². The molecule has 0 amide bonds. The first-order chi connectivity index (χ1) is 6.75. The molecule has 0 saturated heterocycles. The van der Waals surface area contributed by atoms with Crippen LogP contribution in [0.15, 0.2) is 15.7 Å². The van der Waals surface area contributed by atoms with Crippen LogP contribution in [0, 0.1) is 0 Å². The molecular weight excluding hydrogens is 296 g/mol. The number of nitrogens with two attached hydrogens (primary N) is 2. The number of nitrogens with zero attached hydrogens (tertiary/aromatic N) is 1. The SMILES string of the molecule is Nc1c(S(N)(=O)=O)cnc(Br)c1C(F)F. The van der Waals surface area contributed by atoms with Gasteiger partial charge in [-0.05, 0) is 15.9 Å². The van der Waals surface area contributed by atoms with Crippen LogP contribution in [0.2, 0.25) is 0 Å². The number of aromatic nitrogens is 1. The monoisotopic (exact) mass is 301 g/mol. The highest BCUT2D eigenvalue weighted by Crippen LogP contribution is 2.34. The summed E-state index contributed by atoms with van der Waals surface area (Å²) in [6.45, 7) is 0. The van der Waals surface area contributed by atoms with Crippen LogP contribution in [-0.2, 0) is 10.0 Å². The molecule has 4 N–H and O–H groups in total. The van der Waals surface area contributed by atoms with Gasteiger partial charge in [-0.15, -0.1) is 0 Å². The Bertz CT molecular complexity index is 491. The number of nitrogen functional groups attached to an aromatic ring is 1. The van der Waals surface area contributed by atoms with E-state index in [1.165, 1.54) is 0 Å². The Balaban J connectivity index is 3.56. The van der Waals surface area contributed by atoms with Crippen molar-refractivity contribution >= 4 is 31.6 Å². The standard InChI is InChI=1S/C6H6BrF2N3O2S/c7-5-3(6(8)9)4(10)2(1-12-5)15(11,13)14/h1,6H,(H2,10,12)(H2,11,13,14). The van der Waals surface area contributed by atoms with Gasteiger partial charge in [-0.2, -0.15) is 0 Å². The second-order valence-electron chi connectivity index (χ2n) is 2.59. The summed E-state index contributed by atoms with van der Waals surface area (Å²) in [6.07, 6.45) is -2.12. The number of alkyl halides is 2. The van der Waals surface area contributed by atoms with Gasteiger partial charge >= 0.3 is 0 Å². The summed E-state index contributed by atoms with van der Waals surface area (Å²) in [6, 6.07) is 0. The molecule has 0 unspecified atom stereocenters. The fourth-order valence-corrected chi connectivity index (χ4v) is 2.04. The first kappa shape index (κ1) is 12.3. The van der Waals surface area contributed by atoms with Crippen LogP contribution in [0.25, 0.3) is 0 Å². The van der Waals surface area contributed by atoms with Crippen LogP contribution in [0.5, 0.6) is 0 Å². The van der Waals surface area contributed by atoms with E-state index in [-0.39, 0.29) is 4.60 Å². The van der Waals surface area contributed by atoms with Crippen LogP contribution in [0.4, 0.5) is 14.5 Å². The molecule has 84 valence electrons. The maximum Gasteiger partial charge on any atom is 0.268 e. The van der Waals surface area contributed by atoms with Crippen molar-refractivity contribution in [3.63, 3.8) is 0 Å². The number of sulfonamides is 1. The lowest BCUT2D eigenvalue weighted by molar-refractivity contribution is 0.150. The Morgan fingerprint density at radius 3 is 2.40 bits per heavy atom. The number of pyridine rings is 1. The van der Waals surface area contributed by atoms with Gasteiger partial charge in [0.2, 0.25) is 10.0 Å². The van der Waals surface area contributed by atoms with Gasteiger partial charge in [0, 0.05) is 0 Å². The largest absolute Gasteiger partial charge is 0.397 e. The molecule has 0 bridgehead atoms. The number of halogens is 3. The van der Waals surface area contributed by atoms with Crippen molar-refractivity contribution in [1.29, 1.82) is 0 Å². The molecule has 0 aromatic carbocycles. The highest BCUT2D eigenvalue weighted by molar-refractivity contribution is 9.10. The Kier molecular flexibility index (Phi) is 3.26. The third-order valence-electron chi connectivity index (χ3n) is 1.60. The van der Waals surface area contributed by atoms with Gasteiger partial charge in [0.05, 0.1) is 17.4 Å². The molecule has 0 aliphatic rings. The third kappa shape index (κ3) is 2.41. The summed E-state index contributed by atoms with van der Waals surface area (Å²) in [5.74, 6) is 0. The Morgan fingerprint density at radius 1 is 1.47 bits per heavy atom. The lowest BCUT2D eigenvalue weighted by Gasteiger charge is -2.09. The molecule has 9 heteroatoms. The first-order valence-electron chi connectivity index (χ1n) is 3.50. The maximum atomic E-state index is 12.5. The van der Waals surface area contributed by atoms with Crippen molar-refractivity contribution in [3.05, 3.63) is 16.4 Å². The predicted octanol–water partition coefficient (Wildman–Crippen LogP) is 1.01. The van der Waals surface area contributed by atoms with Crippen LogP contribution < -0.4 is 10.9 Å². The molecule has 0 atom stereocenters. The molecule has 0 radical (unpaired) electrons. The molecule has 1 aromatic rings. The molecule has 1 aromatic heterocycles. The second-order valence-corrected chi connectivity index (χ2v) is 4.87. The van der Waals surface area contributed by atoms with E-state index in [9.17, 15) is 17.2 Å². The minimum absolute atomic E-state index is 0.206. The van der Waals surface area contributed by atoms with E-state index in [0.29, 0.717) is 0 Å². The Labute approximate surface area is 92.7 Å². The third-order valence-corrected chi connectivity index (χ3v) is 3.17. The zero-order valence-electron chi connectivity index (χ0n) is 7.12. The van der Waals surface area contributed by atoms with Gasteiger partial charge in [-0.25, -0.2) is 27.3 Å². The summed E-state index contributed by atoms with van der Waals surface area (Å²) in [7, 11) is -4.15.